The van der Waals surface area contributed by atoms with Crippen molar-refractivity contribution >= 4 is 27.5 Å². The number of sulfonamides is 1. The van der Waals surface area contributed by atoms with Crippen LogP contribution in [0.25, 0.3) is 0 Å². The van der Waals surface area contributed by atoms with Gasteiger partial charge in [-0.15, -0.1) is 0 Å². The molecule has 2 amide bonds. The molecule has 41 heavy (non-hydrogen) atoms. The maximum absolute atomic E-state index is 14.3. The minimum absolute atomic E-state index is 0.0774. The van der Waals surface area contributed by atoms with Crippen LogP contribution in [0.5, 0.6) is 0 Å². The summed E-state index contributed by atoms with van der Waals surface area (Å²) in [5, 5.41) is 2.71. The van der Waals surface area contributed by atoms with Crippen molar-refractivity contribution in [1.82, 2.24) is 10.2 Å². The van der Waals surface area contributed by atoms with Gasteiger partial charge in [-0.25, -0.2) is 8.42 Å². The number of benzene rings is 4. The smallest absolute Gasteiger partial charge is 0.264 e. The first-order valence-electron chi connectivity index (χ1n) is 13.4. The van der Waals surface area contributed by atoms with E-state index < -0.39 is 28.5 Å². The number of rotatable bonds is 11. The summed E-state index contributed by atoms with van der Waals surface area (Å²) < 4.78 is 29.1. The van der Waals surface area contributed by atoms with E-state index in [9.17, 15) is 18.0 Å². The maximum Gasteiger partial charge on any atom is 0.264 e. The molecule has 0 radical (unpaired) electrons. The summed E-state index contributed by atoms with van der Waals surface area (Å²) >= 11 is 0. The number of nitrogens with one attached hydrogen (secondary N) is 1. The van der Waals surface area contributed by atoms with Crippen molar-refractivity contribution in [3.05, 3.63) is 131 Å². The third-order valence-electron chi connectivity index (χ3n) is 7.11. The van der Waals surface area contributed by atoms with Gasteiger partial charge < -0.3 is 10.2 Å². The Balaban J connectivity index is 1.80. The number of hydrogen-bond donors (Lipinski definition) is 1. The molecule has 4 aromatic carbocycles. The standard InChI is InChI=1S/C33H35N3O4S/c1-25-14-10-12-18-28(25)23-35(31(33(38)34-3)22-27-16-6-4-7-17-27)32(37)24-36(30-21-13-11-15-26(30)2)41(39,40)29-19-8-5-9-20-29/h4-21,31H,22-24H2,1-3H3,(H,34,38)/t31-/m1/s1. The summed E-state index contributed by atoms with van der Waals surface area (Å²) in [6.07, 6.45) is 0.272. The molecule has 0 spiro atoms. The van der Waals surface area contributed by atoms with E-state index in [2.05, 4.69) is 5.32 Å². The van der Waals surface area contributed by atoms with E-state index >= 15 is 0 Å². The van der Waals surface area contributed by atoms with Crippen molar-refractivity contribution < 1.29 is 18.0 Å². The predicted molar refractivity (Wildman–Crippen MR) is 162 cm³/mol. The van der Waals surface area contributed by atoms with Crippen LogP contribution in [-0.2, 0) is 32.6 Å². The number of hydrogen-bond acceptors (Lipinski definition) is 4. The molecule has 0 heterocycles. The molecule has 0 aliphatic heterocycles. The van der Waals surface area contributed by atoms with Crippen molar-refractivity contribution in [2.75, 3.05) is 17.9 Å². The van der Waals surface area contributed by atoms with Gasteiger partial charge in [0.15, 0.2) is 0 Å². The van der Waals surface area contributed by atoms with Crippen LogP contribution >= 0.6 is 0 Å². The Labute approximate surface area is 242 Å². The number of anilines is 1. The highest BCUT2D eigenvalue weighted by molar-refractivity contribution is 7.92. The molecule has 0 aliphatic rings. The molecule has 8 heteroatoms. The van der Waals surface area contributed by atoms with Gasteiger partial charge in [-0.2, -0.15) is 0 Å². The van der Waals surface area contributed by atoms with E-state index in [4.69, 9.17) is 0 Å². The van der Waals surface area contributed by atoms with Gasteiger partial charge in [-0.3, -0.25) is 13.9 Å². The van der Waals surface area contributed by atoms with Crippen LogP contribution in [-0.4, -0.2) is 44.8 Å². The molecular formula is C33H35N3O4S. The Kier molecular flexibility index (Phi) is 9.57. The first-order valence-corrected chi connectivity index (χ1v) is 14.9. The van der Waals surface area contributed by atoms with E-state index in [0.717, 1.165) is 21.0 Å². The number of aryl methyl sites for hydroxylation is 2. The quantitative estimate of drug-likeness (QED) is 0.279. The molecular weight excluding hydrogens is 534 g/mol. The Bertz CT molecular complexity index is 1590. The van der Waals surface area contributed by atoms with Gasteiger partial charge in [0.2, 0.25) is 11.8 Å². The highest BCUT2D eigenvalue weighted by Gasteiger charge is 2.34. The van der Waals surface area contributed by atoms with Gasteiger partial charge in [0.05, 0.1) is 10.6 Å². The molecule has 1 atom stereocenters. The fourth-order valence-electron chi connectivity index (χ4n) is 4.77. The minimum Gasteiger partial charge on any atom is -0.357 e. The summed E-state index contributed by atoms with van der Waals surface area (Å²) in [4.78, 5) is 29.2. The van der Waals surface area contributed by atoms with Crippen LogP contribution in [0.3, 0.4) is 0 Å². The Morgan fingerprint density at radius 3 is 1.93 bits per heavy atom. The lowest BCUT2D eigenvalue weighted by Gasteiger charge is -2.34. The van der Waals surface area contributed by atoms with Gasteiger partial charge in [-0.1, -0.05) is 91.0 Å². The number of carbonyl (C=O) groups excluding carboxylic acids is 2. The van der Waals surface area contributed by atoms with Gasteiger partial charge in [0.1, 0.15) is 12.6 Å². The number of carbonyl (C=O) groups is 2. The van der Waals surface area contributed by atoms with Gasteiger partial charge in [0.25, 0.3) is 10.0 Å². The number of nitrogens with zero attached hydrogens (tertiary/aromatic N) is 2. The molecule has 0 saturated carbocycles. The second-order valence-electron chi connectivity index (χ2n) is 9.88. The van der Waals surface area contributed by atoms with Gasteiger partial charge >= 0.3 is 0 Å². The third-order valence-corrected chi connectivity index (χ3v) is 8.89. The van der Waals surface area contributed by atoms with Gasteiger partial charge in [0, 0.05) is 20.0 Å². The molecule has 0 saturated heterocycles. The van der Waals surface area contributed by atoms with Crippen LogP contribution in [0, 0.1) is 13.8 Å². The highest BCUT2D eigenvalue weighted by Crippen LogP contribution is 2.27. The monoisotopic (exact) mass is 569 g/mol. The van der Waals surface area contributed by atoms with Crippen LogP contribution in [0.1, 0.15) is 22.3 Å². The lowest BCUT2D eigenvalue weighted by molar-refractivity contribution is -0.139. The molecule has 0 bridgehead atoms. The predicted octanol–water partition coefficient (Wildman–Crippen LogP) is 4.88. The van der Waals surface area contributed by atoms with Crippen LogP contribution in [0.15, 0.2) is 114 Å². The molecule has 4 aromatic rings. The molecule has 212 valence electrons. The lowest BCUT2D eigenvalue weighted by atomic mass is 10.0. The normalized spacial score (nSPS) is 11.9. The molecule has 0 unspecified atom stereocenters. The largest absolute Gasteiger partial charge is 0.357 e. The van der Waals surface area contributed by atoms with Crippen LogP contribution in [0.4, 0.5) is 5.69 Å². The summed E-state index contributed by atoms with van der Waals surface area (Å²) in [5.74, 6) is -0.815. The number of para-hydroxylation sites is 1. The first-order chi connectivity index (χ1) is 19.7. The van der Waals surface area contributed by atoms with E-state index in [1.165, 1.54) is 24.1 Å². The van der Waals surface area contributed by atoms with Crippen molar-refractivity contribution in [1.29, 1.82) is 0 Å². The van der Waals surface area contributed by atoms with E-state index in [0.29, 0.717) is 11.3 Å². The zero-order valence-electron chi connectivity index (χ0n) is 23.5. The molecule has 1 N–H and O–H groups in total. The molecule has 7 nitrogen and oxygen atoms in total. The first kappa shape index (κ1) is 29.6. The molecule has 0 aromatic heterocycles. The summed E-state index contributed by atoms with van der Waals surface area (Å²) in [5.41, 5.74) is 3.83. The fourth-order valence-corrected chi connectivity index (χ4v) is 6.27. The maximum atomic E-state index is 14.3. The zero-order chi connectivity index (χ0) is 29.4. The SMILES string of the molecule is CNC(=O)[C@@H](Cc1ccccc1)N(Cc1ccccc1C)C(=O)CN(c1ccccc1C)S(=O)(=O)c1ccccc1. The van der Waals surface area contributed by atoms with Crippen molar-refractivity contribution in [3.63, 3.8) is 0 Å². The zero-order valence-corrected chi connectivity index (χ0v) is 24.3. The summed E-state index contributed by atoms with van der Waals surface area (Å²) in [7, 11) is -2.57. The van der Waals surface area contributed by atoms with Crippen molar-refractivity contribution in [2.24, 2.45) is 0 Å². The van der Waals surface area contributed by atoms with E-state index in [1.807, 2.05) is 67.6 Å². The highest BCUT2D eigenvalue weighted by atomic mass is 32.2. The number of likely N-dealkylation sites (N-methyl/N-ethyl adjacent to an activating group) is 1. The summed E-state index contributed by atoms with van der Waals surface area (Å²) in [6, 6.07) is 31.4. The van der Waals surface area contributed by atoms with Crippen LogP contribution < -0.4 is 9.62 Å². The second kappa shape index (κ2) is 13.3. The van der Waals surface area contributed by atoms with E-state index in [1.54, 1.807) is 43.3 Å². The van der Waals surface area contributed by atoms with Crippen molar-refractivity contribution in [3.8, 4) is 0 Å². The van der Waals surface area contributed by atoms with Crippen LogP contribution in [0.2, 0.25) is 0 Å². The minimum atomic E-state index is -4.11. The third kappa shape index (κ3) is 7.02. The average Bonchev–Trinajstić information content (AvgIpc) is 2.99. The van der Waals surface area contributed by atoms with Gasteiger partial charge in [-0.05, 0) is 54.3 Å². The number of amides is 2. The Morgan fingerprint density at radius 1 is 0.756 bits per heavy atom. The topological polar surface area (TPSA) is 86.8 Å². The van der Waals surface area contributed by atoms with Crippen molar-refractivity contribution in [2.45, 2.75) is 37.8 Å². The Hall–Kier alpha value is -4.43. The van der Waals surface area contributed by atoms with E-state index in [-0.39, 0.29) is 23.8 Å². The molecule has 0 aliphatic carbocycles. The Morgan fingerprint density at radius 2 is 1.32 bits per heavy atom. The average molecular weight is 570 g/mol. The summed E-state index contributed by atoms with van der Waals surface area (Å²) in [6.45, 7) is 3.42. The lowest BCUT2D eigenvalue weighted by Crippen LogP contribution is -2.53. The molecule has 0 fully saturated rings. The second-order valence-corrected chi connectivity index (χ2v) is 11.7. The fraction of sp³-hybridized carbons (Fsp3) is 0.212. The molecule has 4 rings (SSSR count).